The van der Waals surface area contributed by atoms with E-state index in [2.05, 4.69) is 20.6 Å². The molecule has 22 heavy (non-hydrogen) atoms. The minimum absolute atomic E-state index is 0.0745. The second-order valence-electron chi connectivity index (χ2n) is 5.42. The Hall–Kier alpha value is -2.55. The molecule has 0 spiro atoms. The van der Waals surface area contributed by atoms with Crippen molar-refractivity contribution in [3.8, 4) is 0 Å². The zero-order valence-electron chi connectivity index (χ0n) is 12.1. The molecule has 0 unspecified atom stereocenters. The van der Waals surface area contributed by atoms with Gasteiger partial charge in [-0.15, -0.1) is 0 Å². The molecule has 0 aromatic carbocycles. The highest BCUT2D eigenvalue weighted by molar-refractivity contribution is 6.00. The summed E-state index contributed by atoms with van der Waals surface area (Å²) in [7, 11) is 0. The molecule has 2 aliphatic rings. The lowest BCUT2D eigenvalue weighted by molar-refractivity contribution is -0.136. The van der Waals surface area contributed by atoms with Gasteiger partial charge in [0.2, 0.25) is 17.7 Å². The average molecular weight is 304 g/mol. The van der Waals surface area contributed by atoms with Crippen LogP contribution in [0.2, 0.25) is 0 Å². The molecule has 0 bridgehead atoms. The van der Waals surface area contributed by atoms with Crippen LogP contribution in [-0.4, -0.2) is 64.8 Å². The van der Waals surface area contributed by atoms with E-state index in [0.717, 1.165) is 5.69 Å². The number of carbonyl (C=O) groups excluding carboxylic acids is 3. The second-order valence-corrected chi connectivity index (χ2v) is 5.42. The molecule has 1 aromatic heterocycles. The summed E-state index contributed by atoms with van der Waals surface area (Å²) in [5, 5.41) is 4.97. The van der Waals surface area contributed by atoms with E-state index in [1.807, 2.05) is 11.8 Å². The van der Waals surface area contributed by atoms with E-state index in [1.54, 1.807) is 11.1 Å². The van der Waals surface area contributed by atoms with Gasteiger partial charge >= 0.3 is 0 Å². The molecule has 3 amide bonds. The largest absolute Gasteiger partial charge is 0.354 e. The Balaban J connectivity index is 1.75. The van der Waals surface area contributed by atoms with Crippen molar-refractivity contribution in [1.29, 1.82) is 0 Å². The lowest BCUT2D eigenvalue weighted by atomic mass is 10.2. The van der Waals surface area contributed by atoms with Crippen molar-refractivity contribution >= 4 is 29.2 Å². The predicted octanol–water partition coefficient (Wildman–Crippen LogP) is -1.42. The molecule has 0 radical (unpaired) electrons. The first kappa shape index (κ1) is 14.4. The number of amides is 3. The number of rotatable bonds is 3. The highest BCUT2D eigenvalue weighted by atomic mass is 16.2. The quantitative estimate of drug-likeness (QED) is 0.660. The number of imide groups is 1. The molecule has 3 rings (SSSR count). The van der Waals surface area contributed by atoms with E-state index < -0.39 is 0 Å². The van der Waals surface area contributed by atoms with Crippen molar-refractivity contribution in [2.24, 2.45) is 0 Å². The summed E-state index contributed by atoms with van der Waals surface area (Å²) in [6, 6.07) is -0.0745. The summed E-state index contributed by atoms with van der Waals surface area (Å²) in [5.74, 6) is -0.275. The normalized spacial score (nSPS) is 20.2. The van der Waals surface area contributed by atoms with E-state index in [4.69, 9.17) is 0 Å². The fraction of sp³-hybridized carbons (Fsp3) is 0.462. The highest BCUT2D eigenvalue weighted by Crippen LogP contribution is 2.27. The van der Waals surface area contributed by atoms with Crippen LogP contribution in [-0.2, 0) is 14.4 Å². The maximum absolute atomic E-state index is 11.8. The van der Waals surface area contributed by atoms with E-state index in [9.17, 15) is 14.4 Å². The zero-order chi connectivity index (χ0) is 15.7. The number of nitrogens with zero attached hydrogens (tertiary/aromatic N) is 4. The Morgan fingerprint density at radius 1 is 1.14 bits per heavy atom. The third-order valence-corrected chi connectivity index (χ3v) is 3.64. The summed E-state index contributed by atoms with van der Waals surface area (Å²) in [5.41, 5.74) is 0.738. The molecular formula is C13H16N6O3. The number of hydrogen-bond acceptors (Lipinski definition) is 7. The van der Waals surface area contributed by atoms with Gasteiger partial charge in [-0.2, -0.15) is 0 Å². The molecule has 116 valence electrons. The summed E-state index contributed by atoms with van der Waals surface area (Å²) < 4.78 is 0. The molecule has 1 atom stereocenters. The van der Waals surface area contributed by atoms with Crippen LogP contribution < -0.4 is 15.5 Å². The van der Waals surface area contributed by atoms with Crippen molar-refractivity contribution in [2.75, 3.05) is 36.4 Å². The maximum Gasteiger partial charge on any atom is 0.245 e. The van der Waals surface area contributed by atoms with Crippen LogP contribution >= 0.6 is 0 Å². The summed E-state index contributed by atoms with van der Waals surface area (Å²) >= 11 is 0. The predicted molar refractivity (Wildman–Crippen MR) is 77.1 cm³/mol. The molecule has 2 N–H and O–H groups in total. The summed E-state index contributed by atoms with van der Waals surface area (Å²) in [6.07, 6.45) is 3.02. The second kappa shape index (κ2) is 5.68. The molecule has 0 aliphatic carbocycles. The third-order valence-electron chi connectivity index (χ3n) is 3.64. The topological polar surface area (TPSA) is 108 Å². The van der Waals surface area contributed by atoms with E-state index in [0.29, 0.717) is 12.4 Å². The number of piperazine rings is 1. The lowest BCUT2D eigenvalue weighted by Crippen LogP contribution is -2.55. The molecule has 9 nitrogen and oxygen atoms in total. The van der Waals surface area contributed by atoms with Crippen LogP contribution in [0.4, 0.5) is 11.5 Å². The van der Waals surface area contributed by atoms with Gasteiger partial charge in [-0.3, -0.25) is 24.6 Å². The van der Waals surface area contributed by atoms with Crippen LogP contribution in [0, 0.1) is 0 Å². The first-order chi connectivity index (χ1) is 10.5. The first-order valence-electron chi connectivity index (χ1n) is 6.94. The third kappa shape index (κ3) is 2.89. The van der Waals surface area contributed by atoms with Crippen molar-refractivity contribution in [3.05, 3.63) is 12.5 Å². The van der Waals surface area contributed by atoms with Gasteiger partial charge in [-0.1, -0.05) is 0 Å². The number of nitrogens with one attached hydrogen (secondary N) is 2. The van der Waals surface area contributed by atoms with Crippen molar-refractivity contribution in [1.82, 2.24) is 20.2 Å². The number of hydrogen-bond donors (Lipinski definition) is 2. The molecule has 1 fully saturated rings. The van der Waals surface area contributed by atoms with Gasteiger partial charge in [0.1, 0.15) is 6.33 Å². The molecular weight excluding hydrogens is 288 g/mol. The standard InChI is InChI=1S/C13H16N6O3/c1-8(3-18-4-10(20)16-11(21)5-18)19-6-12(22)17-13-9(19)2-14-7-15-13/h2,7-8H,3-6H2,1H3,(H,16,20,21)(H,14,15,17,22)/t8-/m0/s1. The number of fused-ring (bicyclic) bond motifs is 1. The number of carbonyl (C=O) groups is 3. The summed E-state index contributed by atoms with van der Waals surface area (Å²) in [6.45, 7) is 2.96. The van der Waals surface area contributed by atoms with Crippen LogP contribution in [0.25, 0.3) is 0 Å². The summed E-state index contributed by atoms with van der Waals surface area (Å²) in [4.78, 5) is 46.3. The minimum Gasteiger partial charge on any atom is -0.354 e. The Morgan fingerprint density at radius 2 is 1.82 bits per heavy atom. The van der Waals surface area contributed by atoms with Gasteiger partial charge in [0.15, 0.2) is 5.82 Å². The zero-order valence-corrected chi connectivity index (χ0v) is 12.1. The minimum atomic E-state index is -0.302. The molecule has 1 aromatic rings. The van der Waals surface area contributed by atoms with Crippen molar-refractivity contribution in [2.45, 2.75) is 13.0 Å². The van der Waals surface area contributed by atoms with Crippen LogP contribution in [0.15, 0.2) is 12.5 Å². The molecule has 9 heteroatoms. The molecule has 0 saturated carbocycles. The molecule has 1 saturated heterocycles. The lowest BCUT2D eigenvalue weighted by Gasteiger charge is -2.37. The van der Waals surface area contributed by atoms with Gasteiger partial charge in [0.05, 0.1) is 31.5 Å². The van der Waals surface area contributed by atoms with E-state index >= 15 is 0 Å². The maximum atomic E-state index is 11.8. The van der Waals surface area contributed by atoms with Crippen LogP contribution in [0.3, 0.4) is 0 Å². The number of anilines is 2. The number of aromatic nitrogens is 2. The van der Waals surface area contributed by atoms with Crippen molar-refractivity contribution < 1.29 is 14.4 Å². The SMILES string of the molecule is C[C@@H](CN1CC(=O)NC(=O)C1)N1CC(=O)Nc2ncncc21. The van der Waals surface area contributed by atoms with Crippen LogP contribution in [0.5, 0.6) is 0 Å². The Bertz CT molecular complexity index is 618. The van der Waals surface area contributed by atoms with Gasteiger partial charge < -0.3 is 10.2 Å². The van der Waals surface area contributed by atoms with Crippen molar-refractivity contribution in [3.63, 3.8) is 0 Å². The Morgan fingerprint density at radius 3 is 2.55 bits per heavy atom. The molecule has 3 heterocycles. The van der Waals surface area contributed by atoms with Crippen LogP contribution in [0.1, 0.15) is 6.92 Å². The van der Waals surface area contributed by atoms with Gasteiger partial charge in [-0.25, -0.2) is 9.97 Å². The smallest absolute Gasteiger partial charge is 0.245 e. The monoisotopic (exact) mass is 304 g/mol. The van der Waals surface area contributed by atoms with E-state index in [-0.39, 0.29) is 43.4 Å². The fourth-order valence-corrected chi connectivity index (χ4v) is 2.73. The van der Waals surface area contributed by atoms with Gasteiger partial charge in [-0.05, 0) is 6.92 Å². The van der Waals surface area contributed by atoms with E-state index in [1.165, 1.54) is 6.33 Å². The Kier molecular flexibility index (Phi) is 3.72. The fourth-order valence-electron chi connectivity index (χ4n) is 2.73. The van der Waals surface area contributed by atoms with Gasteiger partial charge in [0, 0.05) is 12.6 Å². The average Bonchev–Trinajstić information content (AvgIpc) is 2.45. The Labute approximate surface area is 126 Å². The highest BCUT2D eigenvalue weighted by Gasteiger charge is 2.30. The van der Waals surface area contributed by atoms with Gasteiger partial charge in [0.25, 0.3) is 0 Å². The first-order valence-corrected chi connectivity index (χ1v) is 6.94. The molecule has 2 aliphatic heterocycles.